The van der Waals surface area contributed by atoms with Gasteiger partial charge in [0.15, 0.2) is 11.5 Å². The number of nitro benzene ring substituents is 1. The van der Waals surface area contributed by atoms with Gasteiger partial charge in [-0.3, -0.25) is 19.2 Å². The Labute approximate surface area is 187 Å². The van der Waals surface area contributed by atoms with E-state index < -0.39 is 14.9 Å². The molecule has 0 saturated heterocycles. The second-order valence-corrected chi connectivity index (χ2v) is 9.04. The third-order valence-electron chi connectivity index (χ3n) is 4.78. The van der Waals surface area contributed by atoms with Crippen LogP contribution in [0.5, 0.6) is 11.5 Å². The van der Waals surface area contributed by atoms with Gasteiger partial charge < -0.3 is 14.8 Å². The Balaban J connectivity index is 2.00. The smallest absolute Gasteiger partial charge is 0.271 e. The number of hydrogen-bond donors (Lipinski definition) is 1. The first-order valence-corrected chi connectivity index (χ1v) is 11.6. The third-order valence-corrected chi connectivity index (χ3v) is 5.96. The highest BCUT2D eigenvalue weighted by molar-refractivity contribution is 7.92. The summed E-state index contributed by atoms with van der Waals surface area (Å²) in [7, 11) is -0.637. The number of carbonyl (C=O) groups excluding carboxylic acids is 1. The first-order chi connectivity index (χ1) is 15.1. The number of carbonyl (C=O) groups is 1. The van der Waals surface area contributed by atoms with E-state index in [0.29, 0.717) is 17.1 Å². The van der Waals surface area contributed by atoms with Gasteiger partial charge in [0.1, 0.15) is 0 Å². The molecule has 2 aromatic rings. The Morgan fingerprint density at radius 3 is 2.41 bits per heavy atom. The van der Waals surface area contributed by atoms with Crippen molar-refractivity contribution in [2.45, 2.75) is 26.3 Å². The van der Waals surface area contributed by atoms with E-state index in [4.69, 9.17) is 9.47 Å². The van der Waals surface area contributed by atoms with Crippen molar-refractivity contribution in [2.75, 3.05) is 31.3 Å². The van der Waals surface area contributed by atoms with E-state index >= 15 is 0 Å². The van der Waals surface area contributed by atoms with E-state index in [1.165, 1.54) is 32.4 Å². The summed E-state index contributed by atoms with van der Waals surface area (Å²) in [6, 6.07) is 9.36. The minimum absolute atomic E-state index is 0.0185. The highest BCUT2D eigenvalue weighted by atomic mass is 32.2. The number of hydrogen-bond acceptors (Lipinski definition) is 7. The molecule has 11 heteroatoms. The molecule has 0 aliphatic carbocycles. The molecule has 1 N–H and O–H groups in total. The summed E-state index contributed by atoms with van der Waals surface area (Å²) in [5.41, 5.74) is 1.43. The topological polar surface area (TPSA) is 128 Å². The highest BCUT2D eigenvalue weighted by Gasteiger charge is 2.22. The van der Waals surface area contributed by atoms with Gasteiger partial charge in [-0.2, -0.15) is 0 Å². The summed E-state index contributed by atoms with van der Waals surface area (Å²) in [6.45, 7) is 1.97. The quantitative estimate of drug-likeness (QED) is 0.399. The monoisotopic (exact) mass is 465 g/mol. The lowest BCUT2D eigenvalue weighted by atomic mass is 10.1. The van der Waals surface area contributed by atoms with E-state index in [0.717, 1.165) is 16.1 Å². The number of sulfonamides is 1. The van der Waals surface area contributed by atoms with Crippen LogP contribution in [0.1, 0.15) is 24.0 Å². The third kappa shape index (κ3) is 6.58. The van der Waals surface area contributed by atoms with E-state index in [1.807, 2.05) is 0 Å². The maximum absolute atomic E-state index is 12.3. The maximum Gasteiger partial charge on any atom is 0.271 e. The second kappa shape index (κ2) is 10.8. The zero-order valence-electron chi connectivity index (χ0n) is 18.5. The number of ether oxygens (including phenoxy) is 2. The number of nitrogens with one attached hydrogen (secondary N) is 1. The van der Waals surface area contributed by atoms with Crippen LogP contribution < -0.4 is 19.1 Å². The molecule has 0 heterocycles. The van der Waals surface area contributed by atoms with Crippen molar-refractivity contribution in [3.8, 4) is 11.5 Å². The summed E-state index contributed by atoms with van der Waals surface area (Å²) in [5, 5.41) is 13.9. The van der Waals surface area contributed by atoms with Gasteiger partial charge in [0.2, 0.25) is 15.9 Å². The molecule has 0 aliphatic rings. The lowest BCUT2D eigenvalue weighted by Gasteiger charge is -2.24. The number of aryl methyl sites for hydroxylation is 1. The molecule has 0 bridgehead atoms. The van der Waals surface area contributed by atoms with Gasteiger partial charge >= 0.3 is 0 Å². The minimum Gasteiger partial charge on any atom is -0.493 e. The lowest BCUT2D eigenvalue weighted by Crippen LogP contribution is -2.32. The van der Waals surface area contributed by atoms with Gasteiger partial charge in [-0.25, -0.2) is 8.42 Å². The molecule has 174 valence electrons. The molecule has 2 rings (SSSR count). The Morgan fingerprint density at radius 2 is 1.81 bits per heavy atom. The molecule has 10 nitrogen and oxygen atoms in total. The van der Waals surface area contributed by atoms with Crippen LogP contribution >= 0.6 is 0 Å². The second-order valence-electron chi connectivity index (χ2n) is 7.13. The van der Waals surface area contributed by atoms with E-state index in [1.54, 1.807) is 25.1 Å². The molecule has 0 fully saturated rings. The maximum atomic E-state index is 12.3. The fourth-order valence-corrected chi connectivity index (χ4v) is 4.12. The van der Waals surface area contributed by atoms with E-state index in [9.17, 15) is 23.3 Å². The first-order valence-electron chi connectivity index (χ1n) is 9.77. The Hall–Kier alpha value is -3.34. The van der Waals surface area contributed by atoms with Crippen LogP contribution in [0.2, 0.25) is 0 Å². The van der Waals surface area contributed by atoms with Gasteiger partial charge in [0, 0.05) is 31.6 Å². The predicted octanol–water partition coefficient (Wildman–Crippen LogP) is 2.78. The molecular weight excluding hydrogens is 438 g/mol. The van der Waals surface area contributed by atoms with Crippen LogP contribution in [0.3, 0.4) is 0 Å². The number of nitro groups is 1. The van der Waals surface area contributed by atoms with Crippen molar-refractivity contribution >= 4 is 27.3 Å². The van der Waals surface area contributed by atoms with Crippen LogP contribution in [0.4, 0.5) is 11.4 Å². The Morgan fingerprint density at radius 1 is 1.12 bits per heavy atom. The van der Waals surface area contributed by atoms with Crippen LogP contribution in [-0.2, 0) is 21.4 Å². The number of benzene rings is 2. The largest absolute Gasteiger partial charge is 0.493 e. The molecule has 32 heavy (non-hydrogen) atoms. The minimum atomic E-state index is -3.70. The standard InChI is InChI=1S/C21H27N3O7S/c1-15-7-9-17(24(26)27)13-18(15)23(32(4,28)29)11-5-6-21(25)22-14-16-8-10-19(30-2)20(12-16)31-3/h7-10,12-13H,5-6,11,14H2,1-4H3,(H,22,25). The molecule has 0 saturated carbocycles. The zero-order chi connectivity index (χ0) is 23.9. The molecule has 0 aromatic heterocycles. The summed E-state index contributed by atoms with van der Waals surface area (Å²) < 4.78 is 36.1. The van der Waals surface area contributed by atoms with Gasteiger partial charge in [0.25, 0.3) is 5.69 Å². The summed E-state index contributed by atoms with van der Waals surface area (Å²) in [5.74, 6) is 0.888. The van der Waals surface area contributed by atoms with Gasteiger partial charge in [0.05, 0.1) is 31.1 Å². The predicted molar refractivity (Wildman–Crippen MR) is 121 cm³/mol. The zero-order valence-corrected chi connectivity index (χ0v) is 19.3. The van der Waals surface area contributed by atoms with Crippen LogP contribution in [-0.4, -0.2) is 46.3 Å². The van der Waals surface area contributed by atoms with Crippen molar-refractivity contribution < 1.29 is 27.6 Å². The molecule has 0 aliphatic heterocycles. The van der Waals surface area contributed by atoms with E-state index in [-0.39, 0.29) is 43.2 Å². The Bertz CT molecular complexity index is 1090. The van der Waals surface area contributed by atoms with Crippen molar-refractivity contribution in [2.24, 2.45) is 0 Å². The molecule has 0 unspecified atom stereocenters. The molecule has 2 aromatic carbocycles. The fraction of sp³-hybridized carbons (Fsp3) is 0.381. The van der Waals surface area contributed by atoms with Crippen molar-refractivity contribution in [3.05, 3.63) is 57.6 Å². The van der Waals surface area contributed by atoms with Gasteiger partial charge in [-0.15, -0.1) is 0 Å². The average Bonchev–Trinajstić information content (AvgIpc) is 2.74. The van der Waals surface area contributed by atoms with Crippen LogP contribution in [0, 0.1) is 17.0 Å². The summed E-state index contributed by atoms with van der Waals surface area (Å²) in [6.07, 6.45) is 1.36. The molecule has 0 radical (unpaired) electrons. The first kappa shape index (κ1) is 24.9. The SMILES string of the molecule is COc1ccc(CNC(=O)CCCN(c2cc([N+](=O)[O-])ccc2C)S(C)(=O)=O)cc1OC. The van der Waals surface area contributed by atoms with Gasteiger partial charge in [-0.05, 0) is 36.6 Å². The number of rotatable bonds is 11. The van der Waals surface area contributed by atoms with E-state index in [2.05, 4.69) is 5.32 Å². The number of non-ortho nitro benzene ring substituents is 1. The highest BCUT2D eigenvalue weighted by Crippen LogP contribution is 2.28. The Kier molecular flexibility index (Phi) is 8.41. The van der Waals surface area contributed by atoms with Crippen LogP contribution in [0.25, 0.3) is 0 Å². The van der Waals surface area contributed by atoms with Gasteiger partial charge in [-0.1, -0.05) is 12.1 Å². The average molecular weight is 466 g/mol. The number of anilines is 1. The van der Waals surface area contributed by atoms with Crippen molar-refractivity contribution in [1.82, 2.24) is 5.32 Å². The number of amides is 1. The van der Waals surface area contributed by atoms with Crippen molar-refractivity contribution in [1.29, 1.82) is 0 Å². The molecule has 1 amide bonds. The van der Waals surface area contributed by atoms with Crippen molar-refractivity contribution in [3.63, 3.8) is 0 Å². The normalized spacial score (nSPS) is 11.0. The fourth-order valence-electron chi connectivity index (χ4n) is 3.11. The number of methoxy groups -OCH3 is 2. The molecule has 0 spiro atoms. The number of nitrogens with zero attached hydrogens (tertiary/aromatic N) is 2. The molecular formula is C21H27N3O7S. The summed E-state index contributed by atoms with van der Waals surface area (Å²) in [4.78, 5) is 22.7. The molecule has 0 atom stereocenters. The van der Waals surface area contributed by atoms with Crippen LogP contribution in [0.15, 0.2) is 36.4 Å². The lowest BCUT2D eigenvalue weighted by molar-refractivity contribution is -0.384. The summed E-state index contributed by atoms with van der Waals surface area (Å²) >= 11 is 0.